The van der Waals surface area contributed by atoms with E-state index in [1.165, 1.54) is 0 Å². The molecule has 2 fully saturated rings. The summed E-state index contributed by atoms with van der Waals surface area (Å²) in [5.41, 5.74) is 1.36. The molecule has 1 N–H and O–H groups in total. The highest BCUT2D eigenvalue weighted by molar-refractivity contribution is 14.1. The van der Waals surface area contributed by atoms with Gasteiger partial charge in [-0.2, -0.15) is 0 Å². The first-order valence-corrected chi connectivity index (χ1v) is 11.9. The van der Waals surface area contributed by atoms with Gasteiger partial charge in [-0.1, -0.05) is 30.3 Å². The lowest BCUT2D eigenvalue weighted by Gasteiger charge is -2.42. The van der Waals surface area contributed by atoms with E-state index >= 15 is 0 Å². The van der Waals surface area contributed by atoms with Crippen LogP contribution < -0.4 is 10.2 Å². The molecule has 0 radical (unpaired) electrons. The Labute approximate surface area is 193 Å². The van der Waals surface area contributed by atoms with Crippen LogP contribution in [0.15, 0.2) is 35.1 Å². The van der Waals surface area contributed by atoms with Crippen molar-refractivity contribution < 1.29 is 19.4 Å². The Morgan fingerprint density at radius 3 is 2.77 bits per heavy atom. The van der Waals surface area contributed by atoms with Gasteiger partial charge in [-0.3, -0.25) is 9.59 Å². The Balaban J connectivity index is 1.48. The van der Waals surface area contributed by atoms with Crippen LogP contribution in [0, 0.1) is 9.49 Å². The van der Waals surface area contributed by atoms with Crippen molar-refractivity contribution in [3.05, 3.63) is 61.1 Å². The predicted molar refractivity (Wildman–Crippen MR) is 120 cm³/mol. The van der Waals surface area contributed by atoms with Gasteiger partial charge in [0.1, 0.15) is 6.61 Å². The number of rotatable bonds is 3. The third-order valence-corrected chi connectivity index (χ3v) is 8.11. The minimum atomic E-state index is -0.802. The minimum Gasteiger partial charge on any atom is -0.483 e. The molecule has 4 aliphatic rings. The molecule has 5 atom stereocenters. The monoisotopic (exact) mass is 534 g/mol. The summed E-state index contributed by atoms with van der Waals surface area (Å²) < 4.78 is 14.7. The van der Waals surface area contributed by atoms with Gasteiger partial charge < -0.3 is 24.0 Å². The SMILES string of the molecule is O=C1c2c(OCc3ccccc3)c(=O)c(I)c3n2[C@H](CC3O)[C@H]2OC3CCC(C3)CN12. The molecule has 1 saturated carbocycles. The van der Waals surface area contributed by atoms with Gasteiger partial charge in [-0.25, -0.2) is 0 Å². The molecule has 2 aromatic rings. The molecule has 6 rings (SSSR count). The summed E-state index contributed by atoms with van der Waals surface area (Å²) in [6.45, 7) is 0.823. The molecule has 0 spiro atoms. The van der Waals surface area contributed by atoms with Crippen LogP contribution in [0.2, 0.25) is 0 Å². The normalized spacial score (nSPS) is 30.7. The van der Waals surface area contributed by atoms with Crippen LogP contribution in [0.1, 0.15) is 59.6 Å². The van der Waals surface area contributed by atoms with Crippen LogP contribution in [0.5, 0.6) is 5.75 Å². The second-order valence-electron chi connectivity index (χ2n) is 8.95. The summed E-state index contributed by atoms with van der Waals surface area (Å²) in [5.74, 6) is 0.259. The van der Waals surface area contributed by atoms with E-state index in [0.29, 0.717) is 28.1 Å². The van der Waals surface area contributed by atoms with E-state index in [2.05, 4.69) is 0 Å². The highest BCUT2D eigenvalue weighted by atomic mass is 127. The fourth-order valence-corrected chi connectivity index (χ4v) is 6.53. The predicted octanol–water partition coefficient (Wildman–Crippen LogP) is 2.99. The van der Waals surface area contributed by atoms with Crippen molar-refractivity contribution in [1.29, 1.82) is 0 Å². The van der Waals surface area contributed by atoms with Gasteiger partial charge in [0.15, 0.2) is 17.7 Å². The van der Waals surface area contributed by atoms with Crippen molar-refractivity contribution in [2.45, 2.75) is 56.8 Å². The van der Waals surface area contributed by atoms with Gasteiger partial charge in [0.05, 0.1) is 27.5 Å². The highest BCUT2D eigenvalue weighted by Gasteiger charge is 2.52. The number of pyridine rings is 1. The third-order valence-electron chi connectivity index (χ3n) is 7.06. The lowest BCUT2D eigenvalue weighted by Crippen LogP contribution is -2.53. The Kier molecular flexibility index (Phi) is 4.66. The lowest BCUT2D eigenvalue weighted by atomic mass is 10.0. The summed E-state index contributed by atoms with van der Waals surface area (Å²) in [4.78, 5) is 28.8. The maximum Gasteiger partial charge on any atom is 0.276 e. The Morgan fingerprint density at radius 2 is 1.97 bits per heavy atom. The number of nitrogens with zero attached hydrogens (tertiary/aromatic N) is 2. The van der Waals surface area contributed by atoms with E-state index in [1.54, 1.807) is 4.90 Å². The largest absolute Gasteiger partial charge is 0.483 e. The fraction of sp³-hybridized carbons (Fsp3) is 0.478. The third kappa shape index (κ3) is 2.98. The zero-order valence-corrected chi connectivity index (χ0v) is 19.0. The zero-order valence-electron chi connectivity index (χ0n) is 16.9. The van der Waals surface area contributed by atoms with Crippen molar-refractivity contribution in [2.75, 3.05) is 6.54 Å². The molecule has 1 amide bonds. The summed E-state index contributed by atoms with van der Waals surface area (Å²) >= 11 is 1.97. The standard InChI is InChI=1S/C23H23IN2O5/c24-17-18-16(27)9-15-23-25(10-13-6-7-14(8-13)31-23)22(29)19(26(15)18)21(20(17)28)30-11-12-4-2-1-3-5-12/h1-5,13-16,23,27H,6-11H2/t13?,14?,15-,16?,23-/m1/s1. The van der Waals surface area contributed by atoms with Crippen LogP contribution in [-0.4, -0.2) is 39.4 Å². The lowest BCUT2D eigenvalue weighted by molar-refractivity contribution is -0.108. The number of hydrogen-bond acceptors (Lipinski definition) is 5. The summed E-state index contributed by atoms with van der Waals surface area (Å²) in [5, 5.41) is 10.8. The minimum absolute atomic E-state index is 0.0777. The summed E-state index contributed by atoms with van der Waals surface area (Å²) in [7, 11) is 0. The second kappa shape index (κ2) is 7.31. The van der Waals surface area contributed by atoms with E-state index in [-0.39, 0.29) is 41.5 Å². The van der Waals surface area contributed by atoms with E-state index < -0.39 is 12.3 Å². The van der Waals surface area contributed by atoms with Gasteiger partial charge >= 0.3 is 0 Å². The van der Waals surface area contributed by atoms with Gasteiger partial charge in [0, 0.05) is 13.0 Å². The molecule has 2 bridgehead atoms. The summed E-state index contributed by atoms with van der Waals surface area (Å²) in [6.07, 6.45) is 2.40. The smallest absolute Gasteiger partial charge is 0.276 e. The molecule has 31 heavy (non-hydrogen) atoms. The molecule has 1 aromatic heterocycles. The average molecular weight is 534 g/mol. The molecular weight excluding hydrogens is 511 g/mol. The first-order valence-electron chi connectivity index (χ1n) is 10.8. The van der Waals surface area contributed by atoms with Gasteiger partial charge in [-0.05, 0) is 53.3 Å². The number of aromatic nitrogens is 1. The topological polar surface area (TPSA) is 81.0 Å². The highest BCUT2D eigenvalue weighted by Crippen LogP contribution is 2.48. The van der Waals surface area contributed by atoms with Crippen molar-refractivity contribution in [1.82, 2.24) is 9.47 Å². The average Bonchev–Trinajstić information content (AvgIpc) is 3.28. The van der Waals surface area contributed by atoms with Crippen molar-refractivity contribution >= 4 is 28.5 Å². The fourth-order valence-electron chi connectivity index (χ4n) is 5.67. The number of hydrogen-bond donors (Lipinski definition) is 1. The Morgan fingerprint density at radius 1 is 1.16 bits per heavy atom. The number of amides is 1. The van der Waals surface area contributed by atoms with Crippen LogP contribution >= 0.6 is 22.6 Å². The first kappa shape index (κ1) is 19.8. The first-order chi connectivity index (χ1) is 15.0. The second-order valence-corrected chi connectivity index (χ2v) is 10.0. The number of carbonyl (C=O) groups is 1. The Hall–Kier alpha value is -1.91. The van der Waals surface area contributed by atoms with E-state index in [9.17, 15) is 14.7 Å². The van der Waals surface area contributed by atoms with E-state index in [4.69, 9.17) is 9.47 Å². The van der Waals surface area contributed by atoms with Gasteiger partial charge in [0.2, 0.25) is 5.43 Å². The van der Waals surface area contributed by atoms with E-state index in [0.717, 1.165) is 24.8 Å². The number of benzene rings is 1. The van der Waals surface area contributed by atoms with Crippen molar-refractivity contribution in [3.8, 4) is 5.75 Å². The molecule has 162 valence electrons. The van der Waals surface area contributed by atoms with Crippen LogP contribution in [0.4, 0.5) is 0 Å². The molecule has 1 aromatic carbocycles. The number of carbonyl (C=O) groups excluding carboxylic acids is 1. The molecule has 3 unspecified atom stereocenters. The van der Waals surface area contributed by atoms with E-state index in [1.807, 2.05) is 57.5 Å². The number of fused-ring (bicyclic) bond motifs is 4. The molecule has 4 heterocycles. The maximum absolute atomic E-state index is 13.7. The quantitative estimate of drug-likeness (QED) is 0.613. The van der Waals surface area contributed by atoms with Crippen LogP contribution in [0.3, 0.4) is 0 Å². The van der Waals surface area contributed by atoms with Crippen molar-refractivity contribution in [3.63, 3.8) is 0 Å². The van der Waals surface area contributed by atoms with Crippen molar-refractivity contribution in [2.24, 2.45) is 5.92 Å². The van der Waals surface area contributed by atoms with Crippen LogP contribution in [0.25, 0.3) is 0 Å². The summed E-state index contributed by atoms with van der Waals surface area (Å²) in [6, 6.07) is 9.37. The molecule has 1 aliphatic carbocycles. The van der Waals surface area contributed by atoms with Crippen LogP contribution in [-0.2, 0) is 11.3 Å². The zero-order chi connectivity index (χ0) is 21.3. The Bertz CT molecular complexity index is 1120. The molecule has 8 heteroatoms. The molecular formula is C23H23IN2O5. The molecule has 3 aliphatic heterocycles. The molecule has 7 nitrogen and oxygen atoms in total. The molecule has 1 saturated heterocycles. The van der Waals surface area contributed by atoms with Gasteiger partial charge in [-0.15, -0.1) is 0 Å². The maximum atomic E-state index is 13.7. The number of aliphatic hydroxyl groups excluding tert-OH is 1. The number of ether oxygens (including phenoxy) is 2. The number of aliphatic hydroxyl groups is 1. The van der Waals surface area contributed by atoms with Gasteiger partial charge in [0.25, 0.3) is 5.91 Å². The number of halogens is 1.